The van der Waals surface area contributed by atoms with E-state index in [2.05, 4.69) is 21.2 Å². The van der Waals surface area contributed by atoms with Gasteiger partial charge in [-0.1, -0.05) is 28.1 Å². The van der Waals surface area contributed by atoms with Gasteiger partial charge in [0.15, 0.2) is 6.61 Å². The van der Waals surface area contributed by atoms with Gasteiger partial charge in [-0.25, -0.2) is 0 Å². The number of amides is 3. The second kappa shape index (κ2) is 7.40. The maximum absolute atomic E-state index is 12.6. The van der Waals surface area contributed by atoms with Crippen molar-refractivity contribution in [1.29, 1.82) is 0 Å². The zero-order valence-corrected chi connectivity index (χ0v) is 17.7. The summed E-state index contributed by atoms with van der Waals surface area (Å²) in [6.07, 6.45) is 4.82. The van der Waals surface area contributed by atoms with E-state index < -0.39 is 25.0 Å². The molecule has 3 aliphatic rings. The molecule has 8 heteroatoms. The third-order valence-corrected chi connectivity index (χ3v) is 7.07. The fraction of sp³-hybridized carbons (Fsp3) is 0.429. The normalized spacial score (nSPS) is 26.8. The number of hydrogen-bond donors (Lipinski definition) is 1. The molecule has 1 aromatic rings. The van der Waals surface area contributed by atoms with E-state index in [9.17, 15) is 19.2 Å². The van der Waals surface area contributed by atoms with Crippen LogP contribution in [0.2, 0.25) is 0 Å². The van der Waals surface area contributed by atoms with Crippen molar-refractivity contribution in [3.05, 3.63) is 39.9 Å². The van der Waals surface area contributed by atoms with E-state index in [4.69, 9.17) is 4.74 Å². The van der Waals surface area contributed by atoms with Gasteiger partial charge >= 0.3 is 5.97 Å². The number of benzene rings is 1. The van der Waals surface area contributed by atoms with Crippen molar-refractivity contribution in [2.45, 2.75) is 20.3 Å². The average Bonchev–Trinajstić information content (AvgIpc) is 3.37. The Labute approximate surface area is 176 Å². The number of carbonyl (C=O) groups is 4. The molecule has 1 N–H and O–H groups in total. The lowest BCUT2D eigenvalue weighted by Crippen LogP contribution is -2.38. The van der Waals surface area contributed by atoms with Crippen LogP contribution in [0.5, 0.6) is 0 Å². The van der Waals surface area contributed by atoms with E-state index in [1.54, 1.807) is 6.07 Å². The molecule has 2 fully saturated rings. The second-order valence-electron chi connectivity index (χ2n) is 7.82. The molecule has 1 aromatic carbocycles. The van der Waals surface area contributed by atoms with Gasteiger partial charge in [0.25, 0.3) is 5.91 Å². The molecule has 2 aliphatic carbocycles. The van der Waals surface area contributed by atoms with Gasteiger partial charge in [0.2, 0.25) is 11.8 Å². The summed E-state index contributed by atoms with van der Waals surface area (Å²) in [5, 5.41) is 2.70. The summed E-state index contributed by atoms with van der Waals surface area (Å²) < 4.78 is 5.94. The molecule has 1 saturated carbocycles. The van der Waals surface area contributed by atoms with Crippen LogP contribution in [-0.2, 0) is 23.9 Å². The van der Waals surface area contributed by atoms with Crippen LogP contribution in [0.3, 0.4) is 0 Å². The van der Waals surface area contributed by atoms with E-state index >= 15 is 0 Å². The standard InChI is InChI=1S/C21H21BrN2O5/c1-10-11(2)15(6-5-14(10)22)23-16(25)9-29-17(26)8-24-20(27)18-12-3-4-13(7-12)19(18)21(24)28/h3-6,12-13,18-19H,7-9H2,1-2H3,(H,23,25)/t12-,13-,18-,19-/m0/s1. The lowest BCUT2D eigenvalue weighted by Gasteiger charge is -2.16. The highest BCUT2D eigenvalue weighted by molar-refractivity contribution is 9.10. The molecular weight excluding hydrogens is 440 g/mol. The number of nitrogens with zero attached hydrogens (tertiary/aromatic N) is 1. The number of allylic oxidation sites excluding steroid dienone is 2. The van der Waals surface area contributed by atoms with Crippen LogP contribution in [0.25, 0.3) is 0 Å². The highest BCUT2D eigenvalue weighted by Gasteiger charge is 2.59. The molecule has 152 valence electrons. The van der Waals surface area contributed by atoms with E-state index in [1.807, 2.05) is 32.1 Å². The summed E-state index contributed by atoms with van der Waals surface area (Å²) in [6.45, 7) is 2.87. The summed E-state index contributed by atoms with van der Waals surface area (Å²) in [4.78, 5) is 50.4. The van der Waals surface area contributed by atoms with Gasteiger partial charge in [-0.2, -0.15) is 0 Å². The monoisotopic (exact) mass is 460 g/mol. The maximum atomic E-state index is 12.6. The third-order valence-electron chi connectivity index (χ3n) is 6.21. The topological polar surface area (TPSA) is 92.8 Å². The second-order valence-corrected chi connectivity index (χ2v) is 8.67. The summed E-state index contributed by atoms with van der Waals surface area (Å²) in [7, 11) is 0. The smallest absolute Gasteiger partial charge is 0.326 e. The van der Waals surface area contributed by atoms with Crippen molar-refractivity contribution in [2.24, 2.45) is 23.7 Å². The molecule has 0 unspecified atom stereocenters. The molecule has 0 aromatic heterocycles. The zero-order valence-electron chi connectivity index (χ0n) is 16.1. The Morgan fingerprint density at radius 1 is 1.10 bits per heavy atom. The van der Waals surface area contributed by atoms with E-state index in [0.29, 0.717) is 5.69 Å². The first kappa shape index (κ1) is 19.8. The predicted octanol–water partition coefficient (Wildman–Crippen LogP) is 2.35. The molecule has 2 bridgehead atoms. The van der Waals surface area contributed by atoms with Crippen molar-refractivity contribution in [1.82, 2.24) is 4.90 Å². The van der Waals surface area contributed by atoms with Gasteiger partial charge in [-0.15, -0.1) is 0 Å². The van der Waals surface area contributed by atoms with E-state index in [1.165, 1.54) is 0 Å². The summed E-state index contributed by atoms with van der Waals surface area (Å²) in [5.74, 6) is -2.39. The Morgan fingerprint density at radius 2 is 1.72 bits per heavy atom. The maximum Gasteiger partial charge on any atom is 0.326 e. The van der Waals surface area contributed by atoms with Crippen LogP contribution in [-0.4, -0.2) is 41.7 Å². The largest absolute Gasteiger partial charge is 0.454 e. The average molecular weight is 461 g/mol. The fourth-order valence-electron chi connectivity index (χ4n) is 4.55. The summed E-state index contributed by atoms with van der Waals surface area (Å²) >= 11 is 3.43. The molecule has 0 radical (unpaired) electrons. The van der Waals surface area contributed by atoms with Crippen molar-refractivity contribution >= 4 is 45.3 Å². The van der Waals surface area contributed by atoms with Crippen molar-refractivity contribution < 1.29 is 23.9 Å². The third kappa shape index (κ3) is 3.39. The van der Waals surface area contributed by atoms with Gasteiger partial charge in [0.1, 0.15) is 6.54 Å². The van der Waals surface area contributed by atoms with Gasteiger partial charge < -0.3 is 10.1 Å². The van der Waals surface area contributed by atoms with Crippen molar-refractivity contribution in [3.8, 4) is 0 Å². The number of esters is 1. The molecule has 4 rings (SSSR count). The summed E-state index contributed by atoms with van der Waals surface area (Å²) in [5.41, 5.74) is 2.54. The van der Waals surface area contributed by atoms with Crippen LogP contribution in [0.15, 0.2) is 28.8 Å². The van der Waals surface area contributed by atoms with Crippen LogP contribution < -0.4 is 5.32 Å². The number of imide groups is 1. The number of halogens is 1. The number of nitrogens with one attached hydrogen (secondary N) is 1. The van der Waals surface area contributed by atoms with Crippen LogP contribution in [0, 0.1) is 37.5 Å². The Balaban J connectivity index is 1.31. The minimum atomic E-state index is -0.772. The lowest BCUT2D eigenvalue weighted by atomic mass is 9.85. The van der Waals surface area contributed by atoms with Crippen molar-refractivity contribution in [3.63, 3.8) is 0 Å². The zero-order chi connectivity index (χ0) is 20.9. The first-order valence-corrected chi connectivity index (χ1v) is 10.3. The van der Waals surface area contributed by atoms with Gasteiger partial charge in [-0.05, 0) is 55.4 Å². The van der Waals surface area contributed by atoms with Crippen LogP contribution in [0.4, 0.5) is 5.69 Å². The Morgan fingerprint density at radius 3 is 2.34 bits per heavy atom. The number of ether oxygens (including phenoxy) is 1. The molecule has 1 heterocycles. The molecule has 3 amide bonds. The molecule has 0 spiro atoms. The molecule has 7 nitrogen and oxygen atoms in total. The first-order valence-electron chi connectivity index (χ1n) is 9.52. The first-order chi connectivity index (χ1) is 13.8. The fourth-order valence-corrected chi connectivity index (χ4v) is 4.98. The van der Waals surface area contributed by atoms with Gasteiger partial charge in [-0.3, -0.25) is 24.1 Å². The molecule has 29 heavy (non-hydrogen) atoms. The SMILES string of the molecule is Cc1c(Br)ccc(NC(=O)COC(=O)CN2C(=O)[C@@H]3[C@@H](C2=O)[C@H]2C=C[C@H]3C2)c1C. The van der Waals surface area contributed by atoms with E-state index in [0.717, 1.165) is 26.9 Å². The van der Waals surface area contributed by atoms with E-state index in [-0.39, 0.29) is 35.5 Å². The number of fused-ring (bicyclic) bond motifs is 5. The molecule has 1 saturated heterocycles. The minimum absolute atomic E-state index is 0.0888. The minimum Gasteiger partial charge on any atom is -0.454 e. The van der Waals surface area contributed by atoms with Crippen molar-refractivity contribution in [2.75, 3.05) is 18.5 Å². The number of likely N-dealkylation sites (tertiary alicyclic amines) is 1. The summed E-state index contributed by atoms with van der Waals surface area (Å²) in [6, 6.07) is 3.59. The Bertz CT molecular complexity index is 927. The highest BCUT2D eigenvalue weighted by atomic mass is 79.9. The Kier molecular flexibility index (Phi) is 5.06. The highest BCUT2D eigenvalue weighted by Crippen LogP contribution is 2.52. The van der Waals surface area contributed by atoms with Gasteiger partial charge in [0.05, 0.1) is 11.8 Å². The lowest BCUT2D eigenvalue weighted by molar-refractivity contribution is -0.154. The number of carbonyl (C=O) groups excluding carboxylic acids is 4. The van der Waals surface area contributed by atoms with Crippen LogP contribution >= 0.6 is 15.9 Å². The van der Waals surface area contributed by atoms with Crippen LogP contribution in [0.1, 0.15) is 17.5 Å². The van der Waals surface area contributed by atoms with Gasteiger partial charge in [0, 0.05) is 10.2 Å². The molecule has 1 aliphatic heterocycles. The predicted molar refractivity (Wildman–Crippen MR) is 108 cm³/mol. The quantitative estimate of drug-likeness (QED) is 0.413. The molecular formula is C21H21BrN2O5. The molecule has 4 atom stereocenters. The number of anilines is 1. The number of rotatable bonds is 5. The number of hydrogen-bond acceptors (Lipinski definition) is 5. The Hall–Kier alpha value is -2.48.